The monoisotopic (exact) mass is 407 g/mol. The van der Waals surface area contributed by atoms with E-state index in [1.165, 1.54) is 0 Å². The van der Waals surface area contributed by atoms with Crippen LogP contribution in [0.3, 0.4) is 0 Å². The predicted molar refractivity (Wildman–Crippen MR) is 105 cm³/mol. The van der Waals surface area contributed by atoms with Crippen LogP contribution in [-0.2, 0) is 0 Å². The molecule has 0 amide bonds. The maximum atomic E-state index is 14.6. The number of hydrogen-bond donors (Lipinski definition) is 2. The van der Waals surface area contributed by atoms with Crippen molar-refractivity contribution < 1.29 is 9.50 Å². The highest BCUT2D eigenvalue weighted by atomic mass is 79.9. The summed E-state index contributed by atoms with van der Waals surface area (Å²) < 4.78 is 15.4. The predicted octanol–water partition coefficient (Wildman–Crippen LogP) is 5.64. The normalized spacial score (nSPS) is 29.2. The summed E-state index contributed by atoms with van der Waals surface area (Å²) in [5.41, 5.74) is 1.72. The Labute approximate surface area is 158 Å². The lowest BCUT2D eigenvalue weighted by atomic mass is 9.70. The lowest BCUT2D eigenvalue weighted by Gasteiger charge is -2.43. The van der Waals surface area contributed by atoms with Gasteiger partial charge in [0.25, 0.3) is 0 Å². The van der Waals surface area contributed by atoms with Crippen molar-refractivity contribution in [2.75, 3.05) is 11.9 Å². The first-order valence-corrected chi connectivity index (χ1v) is 10.00. The van der Waals surface area contributed by atoms with E-state index in [1.54, 1.807) is 6.07 Å². The number of aliphatic hydroxyl groups is 1. The second-order valence-corrected chi connectivity index (χ2v) is 8.47. The molecule has 0 saturated heterocycles. The topological polar surface area (TPSA) is 32.3 Å². The van der Waals surface area contributed by atoms with E-state index in [0.29, 0.717) is 23.4 Å². The zero-order valence-electron chi connectivity index (χ0n) is 14.9. The average molecular weight is 408 g/mol. The minimum Gasteiger partial charge on any atom is -0.396 e. The van der Waals surface area contributed by atoms with Crippen LogP contribution in [0, 0.1) is 23.6 Å². The van der Waals surface area contributed by atoms with Gasteiger partial charge in [-0.2, -0.15) is 0 Å². The third-order valence-corrected chi connectivity index (χ3v) is 6.23. The highest BCUT2D eigenvalue weighted by Crippen LogP contribution is 2.45. The van der Waals surface area contributed by atoms with Crippen molar-refractivity contribution in [3.63, 3.8) is 0 Å². The SMILES string of the molecule is C[C@@H](CO)CC[C@H]1C([C@@H]2C=CC=CC2)Nc2c(F)cc(Br)cc2[C@H]1C. The molecule has 1 unspecified atom stereocenters. The van der Waals surface area contributed by atoms with Crippen LogP contribution in [0.4, 0.5) is 10.1 Å². The summed E-state index contributed by atoms with van der Waals surface area (Å²) in [5, 5.41) is 12.9. The smallest absolute Gasteiger partial charge is 0.147 e. The Balaban J connectivity index is 1.92. The maximum Gasteiger partial charge on any atom is 0.147 e. The molecule has 1 heterocycles. The zero-order valence-corrected chi connectivity index (χ0v) is 16.5. The third kappa shape index (κ3) is 4.01. The standard InChI is InChI=1S/C21H27BrFNO/c1-13(12-25)8-9-17-14(2)18-10-16(22)11-19(23)21(18)24-20(17)15-6-4-3-5-7-15/h3-6,10-11,13-15,17,20,24-25H,7-9,12H2,1-2H3/t13-,14+,15-,17-,20?/m1/s1. The summed E-state index contributed by atoms with van der Waals surface area (Å²) in [7, 11) is 0. The van der Waals surface area contributed by atoms with Gasteiger partial charge < -0.3 is 10.4 Å². The van der Waals surface area contributed by atoms with Crippen molar-refractivity contribution in [1.29, 1.82) is 0 Å². The first-order chi connectivity index (χ1) is 12.0. The van der Waals surface area contributed by atoms with Gasteiger partial charge in [-0.3, -0.25) is 0 Å². The van der Waals surface area contributed by atoms with Crippen molar-refractivity contribution in [3.8, 4) is 0 Å². The fourth-order valence-electron chi connectivity index (χ4n) is 4.21. The van der Waals surface area contributed by atoms with E-state index in [1.807, 2.05) is 6.07 Å². The number of anilines is 1. The Kier molecular flexibility index (Phi) is 6.00. The molecule has 0 saturated carbocycles. The minimum atomic E-state index is -0.182. The van der Waals surface area contributed by atoms with Crippen LogP contribution in [-0.4, -0.2) is 17.8 Å². The van der Waals surface area contributed by atoms with Crippen LogP contribution in [0.1, 0.15) is 44.6 Å². The lowest BCUT2D eigenvalue weighted by molar-refractivity contribution is 0.208. The van der Waals surface area contributed by atoms with Crippen molar-refractivity contribution in [2.45, 2.75) is 45.1 Å². The average Bonchev–Trinajstić information content (AvgIpc) is 2.61. The van der Waals surface area contributed by atoms with E-state index < -0.39 is 0 Å². The van der Waals surface area contributed by atoms with E-state index in [0.717, 1.165) is 29.3 Å². The van der Waals surface area contributed by atoms with E-state index >= 15 is 0 Å². The number of allylic oxidation sites excluding steroid dienone is 3. The van der Waals surface area contributed by atoms with E-state index in [-0.39, 0.29) is 24.4 Å². The van der Waals surface area contributed by atoms with E-state index in [9.17, 15) is 9.50 Å². The molecule has 0 bridgehead atoms. The zero-order chi connectivity index (χ0) is 18.0. The molecule has 5 atom stereocenters. The number of benzene rings is 1. The van der Waals surface area contributed by atoms with Gasteiger partial charge in [0.1, 0.15) is 5.82 Å². The minimum absolute atomic E-state index is 0.182. The molecule has 1 aliphatic carbocycles. The van der Waals surface area contributed by atoms with Gasteiger partial charge in [-0.1, -0.05) is 54.1 Å². The second kappa shape index (κ2) is 8.05. The third-order valence-electron chi connectivity index (χ3n) is 5.77. The Morgan fingerprint density at radius 3 is 2.84 bits per heavy atom. The highest BCUT2D eigenvalue weighted by molar-refractivity contribution is 9.10. The van der Waals surface area contributed by atoms with Gasteiger partial charge >= 0.3 is 0 Å². The Morgan fingerprint density at radius 2 is 2.16 bits per heavy atom. The number of hydrogen-bond acceptors (Lipinski definition) is 2. The molecule has 25 heavy (non-hydrogen) atoms. The molecule has 0 spiro atoms. The van der Waals surface area contributed by atoms with Gasteiger partial charge in [0, 0.05) is 23.0 Å². The number of fused-ring (bicyclic) bond motifs is 1. The van der Waals surface area contributed by atoms with Crippen molar-refractivity contribution in [3.05, 3.63) is 52.3 Å². The summed E-state index contributed by atoms with van der Waals surface area (Å²) >= 11 is 3.43. The molecule has 0 fully saturated rings. The van der Waals surface area contributed by atoms with Gasteiger partial charge in [0.05, 0.1) is 5.69 Å². The van der Waals surface area contributed by atoms with Gasteiger partial charge in [-0.05, 0) is 54.7 Å². The molecule has 3 rings (SSSR count). The number of halogens is 2. The highest BCUT2D eigenvalue weighted by Gasteiger charge is 2.38. The number of nitrogens with one attached hydrogen (secondary N) is 1. The number of rotatable bonds is 5. The van der Waals surface area contributed by atoms with Crippen LogP contribution in [0.25, 0.3) is 0 Å². The molecule has 1 aliphatic heterocycles. The molecule has 4 heteroatoms. The van der Waals surface area contributed by atoms with Crippen molar-refractivity contribution in [2.24, 2.45) is 17.8 Å². The molecule has 0 radical (unpaired) electrons. The van der Waals surface area contributed by atoms with Crippen molar-refractivity contribution >= 4 is 21.6 Å². The summed E-state index contributed by atoms with van der Waals surface area (Å²) in [4.78, 5) is 0. The molecular weight excluding hydrogens is 381 g/mol. The lowest BCUT2D eigenvalue weighted by Crippen LogP contribution is -2.42. The van der Waals surface area contributed by atoms with Crippen LogP contribution >= 0.6 is 15.9 Å². The van der Waals surface area contributed by atoms with E-state index in [2.05, 4.69) is 59.4 Å². The maximum absolute atomic E-state index is 14.6. The molecule has 136 valence electrons. The largest absolute Gasteiger partial charge is 0.396 e. The number of aliphatic hydroxyl groups excluding tert-OH is 1. The summed E-state index contributed by atoms with van der Waals surface area (Å²) in [6.45, 7) is 4.53. The molecule has 2 aliphatic rings. The van der Waals surface area contributed by atoms with Crippen molar-refractivity contribution in [1.82, 2.24) is 0 Å². The molecule has 2 N–H and O–H groups in total. The molecular formula is C21H27BrFNO. The van der Waals surface area contributed by atoms with Crippen LogP contribution in [0.5, 0.6) is 0 Å². The quantitative estimate of drug-likeness (QED) is 0.661. The summed E-state index contributed by atoms with van der Waals surface area (Å²) in [6.07, 6.45) is 11.6. The van der Waals surface area contributed by atoms with E-state index in [4.69, 9.17) is 0 Å². The summed E-state index contributed by atoms with van der Waals surface area (Å²) in [6, 6.07) is 3.80. The Hall–Kier alpha value is -1.13. The van der Waals surface area contributed by atoms with Crippen LogP contribution in [0.15, 0.2) is 40.9 Å². The van der Waals surface area contributed by atoms with Crippen LogP contribution in [0.2, 0.25) is 0 Å². The van der Waals surface area contributed by atoms with Gasteiger partial charge in [-0.15, -0.1) is 0 Å². The van der Waals surface area contributed by atoms with Gasteiger partial charge in [0.2, 0.25) is 0 Å². The Bertz CT molecular complexity index is 672. The first kappa shape index (κ1) is 18.7. The molecule has 1 aromatic carbocycles. The fraction of sp³-hybridized carbons (Fsp3) is 0.524. The van der Waals surface area contributed by atoms with Gasteiger partial charge in [-0.25, -0.2) is 4.39 Å². The van der Waals surface area contributed by atoms with Gasteiger partial charge in [0.15, 0.2) is 0 Å². The summed E-state index contributed by atoms with van der Waals surface area (Å²) in [5.74, 6) is 1.18. The van der Waals surface area contributed by atoms with Crippen LogP contribution < -0.4 is 5.32 Å². The second-order valence-electron chi connectivity index (χ2n) is 7.55. The Morgan fingerprint density at radius 1 is 1.36 bits per heavy atom. The molecule has 2 nitrogen and oxygen atoms in total. The molecule has 1 aromatic rings. The first-order valence-electron chi connectivity index (χ1n) is 9.21. The molecule has 0 aromatic heterocycles. The fourth-order valence-corrected chi connectivity index (χ4v) is 4.66.